The van der Waals surface area contributed by atoms with Crippen LogP contribution in [0.15, 0.2) is 194 Å². The Labute approximate surface area is 405 Å². The molecule has 3 aromatic heterocycles. The van der Waals surface area contributed by atoms with Gasteiger partial charge in [0, 0.05) is 48.4 Å². The van der Waals surface area contributed by atoms with E-state index < -0.39 is 25.0 Å². The van der Waals surface area contributed by atoms with E-state index >= 15 is 0 Å². The van der Waals surface area contributed by atoms with Crippen molar-refractivity contribution in [1.82, 2.24) is 14.1 Å². The number of fused-ring (bicyclic) bond motifs is 4. The van der Waals surface area contributed by atoms with Gasteiger partial charge in [0.2, 0.25) is 0 Å². The fraction of sp³-hybridized carbons (Fsp3) is 0.0847. The van der Waals surface area contributed by atoms with Crippen LogP contribution in [0.5, 0.6) is 11.5 Å². The number of ether oxygens (including phenoxy) is 1. The van der Waals surface area contributed by atoms with Gasteiger partial charge in [0.1, 0.15) is 5.82 Å². The summed E-state index contributed by atoms with van der Waals surface area (Å²) in [6.07, 6.45) is 5.42. The Morgan fingerprint density at radius 1 is 0.631 bits per heavy atom. The summed E-state index contributed by atoms with van der Waals surface area (Å²) in [7, 11) is 0. The van der Waals surface area contributed by atoms with Crippen molar-refractivity contribution < 1.29 is 41.3 Å². The number of aryl methyl sites for hydroxylation is 1. The fourth-order valence-corrected chi connectivity index (χ4v) is 8.58. The molecule has 0 bridgehead atoms. The first-order valence-corrected chi connectivity index (χ1v) is 21.1. The number of aromatic nitrogens is 4. The summed E-state index contributed by atoms with van der Waals surface area (Å²) in [5, 5.41) is 2.06. The number of rotatable bonds is 8. The largest absolute Gasteiger partial charge is 0.510 e. The average molecular weight is 1030 g/mol. The standard InChI is InChI=1S/C59H44N4O.Pt/c1-40-18-8-9-23-46(40)48-25-10-11-26-49(48)52-28-17-31-55-58(52)62(53-29-14-12-24-47(53)41-19-6-5-7-20-41)39-61(55)43-21-16-22-44(37-43)64-45-32-33-51-50-27-13-15-30-54(50)63(56(51)38-45)57-36-42(34-35-60-57)59(2,3)4;/h5-36H,1-4H3;/q-2;/i1D3,5D,6D,7D,19D,20D;. The van der Waals surface area contributed by atoms with Gasteiger partial charge in [-0.3, -0.25) is 4.57 Å². The third kappa shape index (κ3) is 7.56. The van der Waals surface area contributed by atoms with Crippen LogP contribution in [0.2, 0.25) is 0 Å². The van der Waals surface area contributed by atoms with Crippen molar-refractivity contribution in [3.8, 4) is 62.1 Å². The number of nitrogens with zero attached hydrogens (tertiary/aromatic N) is 4. The zero-order valence-electron chi connectivity index (χ0n) is 43.6. The fourth-order valence-electron chi connectivity index (χ4n) is 8.58. The molecule has 65 heavy (non-hydrogen) atoms. The molecule has 0 fully saturated rings. The summed E-state index contributed by atoms with van der Waals surface area (Å²) in [6, 6.07) is 54.5. The number of pyridine rings is 1. The molecule has 0 aliphatic rings. The molecule has 0 amide bonds. The molecule has 318 valence electrons. The van der Waals surface area contributed by atoms with Gasteiger partial charge in [-0.15, -0.1) is 29.7 Å². The van der Waals surface area contributed by atoms with Gasteiger partial charge in [-0.2, -0.15) is 18.2 Å². The predicted octanol–water partition coefficient (Wildman–Crippen LogP) is 14.2. The van der Waals surface area contributed by atoms with E-state index in [0.29, 0.717) is 50.6 Å². The van der Waals surface area contributed by atoms with Crippen molar-refractivity contribution in [1.29, 1.82) is 0 Å². The van der Waals surface area contributed by atoms with Crippen LogP contribution in [0.1, 0.15) is 42.9 Å². The van der Waals surface area contributed by atoms with Gasteiger partial charge in [0.05, 0.1) is 23.6 Å². The first kappa shape index (κ1) is 33.2. The van der Waals surface area contributed by atoms with Gasteiger partial charge < -0.3 is 13.9 Å². The minimum Gasteiger partial charge on any atom is -0.510 e. The Kier molecular flexibility index (Phi) is 8.68. The average Bonchev–Trinajstić information content (AvgIpc) is 3.94. The molecule has 6 heteroatoms. The van der Waals surface area contributed by atoms with Crippen molar-refractivity contribution in [2.75, 3.05) is 0 Å². The van der Waals surface area contributed by atoms with Crippen LogP contribution >= 0.6 is 0 Å². The Bertz CT molecular complexity index is 3940. The van der Waals surface area contributed by atoms with Crippen molar-refractivity contribution in [2.24, 2.45) is 0 Å². The molecule has 5 nitrogen and oxygen atoms in total. The van der Waals surface area contributed by atoms with Crippen LogP contribution in [0.4, 0.5) is 0 Å². The van der Waals surface area contributed by atoms with Crippen LogP contribution in [-0.2, 0) is 26.5 Å². The SMILES string of the molecule is [2H]c1c([2H])c([2H])c(-c2ccccc2-[n+]2[c-]n(-c3[c-]c(Oc4[c-]c5c(cc4)c4ccccc4n5-c4cc(C(C)(C)C)ccn4)ccc3)c3cccc(-c4ccccc4-c4ccccc4C([2H])([2H])[2H])c32)c([2H])c1[2H].[Pt]. The minimum absolute atomic E-state index is 0. The third-order valence-electron chi connectivity index (χ3n) is 11.6. The monoisotopic (exact) mass is 1030 g/mol. The second-order valence-corrected chi connectivity index (χ2v) is 16.6. The maximum atomic E-state index is 9.01. The van der Waals surface area contributed by atoms with E-state index in [9.17, 15) is 0 Å². The molecule has 0 saturated carbocycles. The number of hydrogen-bond acceptors (Lipinski definition) is 2. The van der Waals surface area contributed by atoms with Gasteiger partial charge in [-0.1, -0.05) is 160 Å². The van der Waals surface area contributed by atoms with Crippen LogP contribution in [0.25, 0.3) is 83.4 Å². The zero-order chi connectivity index (χ0) is 50.2. The van der Waals surface area contributed by atoms with E-state index in [-0.39, 0.29) is 49.7 Å². The molecule has 0 atom stereocenters. The molecule has 0 aliphatic carbocycles. The quantitative estimate of drug-likeness (QED) is 0.112. The van der Waals surface area contributed by atoms with E-state index in [1.54, 1.807) is 24.3 Å². The van der Waals surface area contributed by atoms with E-state index in [1.165, 1.54) is 0 Å². The summed E-state index contributed by atoms with van der Waals surface area (Å²) < 4.78 is 81.3. The predicted molar refractivity (Wildman–Crippen MR) is 260 cm³/mol. The molecular weight excluding hydrogens is 976 g/mol. The van der Waals surface area contributed by atoms with Crippen LogP contribution in [0.3, 0.4) is 0 Å². The van der Waals surface area contributed by atoms with E-state index in [1.807, 2.05) is 131 Å². The van der Waals surface area contributed by atoms with Crippen LogP contribution in [0, 0.1) is 25.3 Å². The number of benzene rings is 8. The Morgan fingerprint density at radius 3 is 2.12 bits per heavy atom. The van der Waals surface area contributed by atoms with E-state index in [2.05, 4.69) is 62.0 Å². The second-order valence-electron chi connectivity index (χ2n) is 16.6. The summed E-state index contributed by atoms with van der Waals surface area (Å²) >= 11 is 0. The number of imidazole rings is 1. The van der Waals surface area contributed by atoms with Crippen molar-refractivity contribution in [3.05, 3.63) is 224 Å². The first-order valence-electron chi connectivity index (χ1n) is 25.1. The molecule has 0 unspecified atom stereocenters. The van der Waals surface area contributed by atoms with Crippen molar-refractivity contribution >= 4 is 32.8 Å². The summed E-state index contributed by atoms with van der Waals surface area (Å²) in [5.41, 5.74) is 8.59. The Morgan fingerprint density at radius 2 is 1.31 bits per heavy atom. The van der Waals surface area contributed by atoms with Gasteiger partial charge in [0.15, 0.2) is 0 Å². The molecular formula is C59H44N4OPt-2. The third-order valence-corrected chi connectivity index (χ3v) is 11.6. The minimum atomic E-state index is -2.39. The van der Waals surface area contributed by atoms with Gasteiger partial charge in [-0.25, -0.2) is 4.98 Å². The number of para-hydroxylation sites is 3. The van der Waals surface area contributed by atoms with E-state index in [4.69, 9.17) is 20.7 Å². The van der Waals surface area contributed by atoms with Crippen molar-refractivity contribution in [3.63, 3.8) is 0 Å². The Hall–Kier alpha value is -7.33. The molecule has 0 saturated heterocycles. The molecule has 0 N–H and O–H groups in total. The molecule has 0 spiro atoms. The molecule has 8 aromatic carbocycles. The topological polar surface area (TPSA) is 35.9 Å². The maximum absolute atomic E-state index is 9.01. The van der Waals surface area contributed by atoms with Crippen LogP contribution < -0.4 is 9.30 Å². The van der Waals surface area contributed by atoms with Crippen LogP contribution in [-0.4, -0.2) is 14.1 Å². The number of hydrogen-bond donors (Lipinski definition) is 0. The first-order chi connectivity index (χ1) is 34.6. The normalized spacial score (nSPS) is 13.5. The molecule has 0 aliphatic heterocycles. The summed E-state index contributed by atoms with van der Waals surface area (Å²) in [4.78, 5) is 4.83. The Balaban J connectivity index is 0.00000611. The van der Waals surface area contributed by atoms with Gasteiger partial charge >= 0.3 is 0 Å². The molecule has 11 rings (SSSR count). The summed E-state index contributed by atoms with van der Waals surface area (Å²) in [6.45, 7) is 4.15. The van der Waals surface area contributed by atoms with Gasteiger partial charge in [-0.05, 0) is 92.1 Å². The van der Waals surface area contributed by atoms with E-state index in [0.717, 1.165) is 44.3 Å². The van der Waals surface area contributed by atoms with Gasteiger partial charge in [0.25, 0.3) is 6.33 Å². The zero-order valence-corrected chi connectivity index (χ0v) is 37.9. The summed E-state index contributed by atoms with van der Waals surface area (Å²) in [5.74, 6) is 1.64. The smallest absolute Gasteiger partial charge is 0.268 e. The molecule has 0 radical (unpaired) electrons. The second kappa shape index (κ2) is 17.0. The molecule has 11 aromatic rings. The molecule has 3 heterocycles. The maximum Gasteiger partial charge on any atom is 0.268 e. The van der Waals surface area contributed by atoms with Crippen molar-refractivity contribution in [2.45, 2.75) is 33.0 Å².